The number of ether oxygens (including phenoxy) is 1. The summed E-state index contributed by atoms with van der Waals surface area (Å²) in [6, 6.07) is 12.9. The smallest absolute Gasteiger partial charge is 0.338 e. The minimum atomic E-state index is -3.87. The molecule has 1 saturated carbocycles. The molecule has 29 heavy (non-hydrogen) atoms. The highest BCUT2D eigenvalue weighted by Gasteiger charge is 2.17. The molecule has 1 aliphatic carbocycles. The Balaban J connectivity index is 1.53. The molecule has 3 rings (SSSR count). The number of carbonyl (C=O) groups is 2. The van der Waals surface area contributed by atoms with E-state index in [4.69, 9.17) is 9.88 Å². The summed E-state index contributed by atoms with van der Waals surface area (Å²) in [5.41, 5.74) is 1.86. The van der Waals surface area contributed by atoms with Gasteiger partial charge in [-0.2, -0.15) is 0 Å². The van der Waals surface area contributed by atoms with Gasteiger partial charge in [-0.15, -0.1) is 0 Å². The molecule has 0 saturated heterocycles. The number of anilines is 1. The highest BCUT2D eigenvalue weighted by Crippen LogP contribution is 2.32. The Kier molecular flexibility index (Phi) is 6.66. The van der Waals surface area contributed by atoms with Crippen molar-refractivity contribution in [3.63, 3.8) is 0 Å². The second-order valence-electron chi connectivity index (χ2n) is 7.15. The van der Waals surface area contributed by atoms with Crippen LogP contribution in [0.15, 0.2) is 53.4 Å². The van der Waals surface area contributed by atoms with Crippen molar-refractivity contribution in [2.24, 2.45) is 5.14 Å². The Morgan fingerprint density at radius 3 is 2.38 bits per heavy atom. The third-order valence-electron chi connectivity index (χ3n) is 5.00. The summed E-state index contributed by atoms with van der Waals surface area (Å²) < 4.78 is 27.8. The molecule has 7 nitrogen and oxygen atoms in total. The van der Waals surface area contributed by atoms with E-state index in [0.717, 1.165) is 0 Å². The van der Waals surface area contributed by atoms with Crippen molar-refractivity contribution in [3.05, 3.63) is 59.7 Å². The van der Waals surface area contributed by atoms with E-state index in [9.17, 15) is 18.0 Å². The first kappa shape index (κ1) is 21.0. The monoisotopic (exact) mass is 416 g/mol. The lowest BCUT2D eigenvalue weighted by molar-refractivity contribution is -0.119. The number of sulfonamides is 1. The van der Waals surface area contributed by atoms with Gasteiger partial charge >= 0.3 is 5.97 Å². The Labute approximate surface area is 170 Å². The third-order valence-corrected chi connectivity index (χ3v) is 5.91. The molecule has 1 aliphatic rings. The normalized spacial score (nSPS) is 14.9. The quantitative estimate of drug-likeness (QED) is 0.702. The van der Waals surface area contributed by atoms with Gasteiger partial charge in [0.15, 0.2) is 6.61 Å². The van der Waals surface area contributed by atoms with E-state index in [2.05, 4.69) is 5.32 Å². The molecule has 0 aliphatic heterocycles. The molecule has 2 aromatic carbocycles. The fraction of sp³-hybridized carbons (Fsp3) is 0.333. The fourth-order valence-electron chi connectivity index (χ4n) is 3.49. The Bertz CT molecular complexity index is 980. The number of benzene rings is 2. The molecular weight excluding hydrogens is 392 g/mol. The first-order valence-corrected chi connectivity index (χ1v) is 11.1. The molecule has 0 radical (unpaired) electrons. The van der Waals surface area contributed by atoms with Gasteiger partial charge in [0.1, 0.15) is 0 Å². The van der Waals surface area contributed by atoms with Crippen molar-refractivity contribution < 1.29 is 22.7 Å². The zero-order valence-electron chi connectivity index (χ0n) is 16.0. The maximum atomic E-state index is 12.2. The van der Waals surface area contributed by atoms with Crippen LogP contribution in [0.25, 0.3) is 0 Å². The summed E-state index contributed by atoms with van der Waals surface area (Å²) in [6.07, 6.45) is 6.12. The van der Waals surface area contributed by atoms with Gasteiger partial charge in [-0.1, -0.05) is 37.5 Å². The number of carbonyl (C=O) groups excluding carboxylic acids is 2. The Morgan fingerprint density at radius 2 is 1.72 bits per heavy atom. The molecule has 2 aromatic rings. The van der Waals surface area contributed by atoms with Gasteiger partial charge in [-0.05, 0) is 54.7 Å². The van der Waals surface area contributed by atoms with Crippen LogP contribution >= 0.6 is 0 Å². The van der Waals surface area contributed by atoms with Gasteiger partial charge in [0.25, 0.3) is 5.91 Å². The topological polar surface area (TPSA) is 116 Å². The third kappa shape index (κ3) is 5.88. The standard InChI is InChI=1S/C21H24N2O5S/c22-29(26,27)19-8-4-7-18(13-19)23-20(24)14-28-21(25)17-11-9-16(10-12-17)15-5-2-1-3-6-15/h4,7-13,15H,1-3,5-6,14H2,(H,23,24)(H2,22,26,27). The molecule has 154 valence electrons. The fourth-order valence-corrected chi connectivity index (χ4v) is 4.05. The molecule has 0 spiro atoms. The summed E-state index contributed by atoms with van der Waals surface area (Å²) in [7, 11) is -3.87. The van der Waals surface area contributed by atoms with Crippen molar-refractivity contribution in [2.75, 3.05) is 11.9 Å². The summed E-state index contributed by atoms with van der Waals surface area (Å²) in [5.74, 6) is -0.620. The summed E-state index contributed by atoms with van der Waals surface area (Å²) in [5, 5.41) is 7.54. The first-order valence-electron chi connectivity index (χ1n) is 9.53. The number of amides is 1. The number of hydrogen-bond acceptors (Lipinski definition) is 5. The van der Waals surface area contributed by atoms with Crippen LogP contribution < -0.4 is 10.5 Å². The summed E-state index contributed by atoms with van der Waals surface area (Å²) in [6.45, 7) is -0.483. The lowest BCUT2D eigenvalue weighted by Crippen LogP contribution is -2.21. The predicted molar refractivity (Wildman–Crippen MR) is 109 cm³/mol. The molecule has 1 fully saturated rings. The molecule has 8 heteroatoms. The zero-order valence-corrected chi connectivity index (χ0v) is 16.8. The van der Waals surface area contributed by atoms with Crippen molar-refractivity contribution in [3.8, 4) is 0 Å². The molecule has 0 atom stereocenters. The van der Waals surface area contributed by atoms with Gasteiger partial charge in [-0.25, -0.2) is 18.4 Å². The SMILES string of the molecule is NS(=O)(=O)c1cccc(NC(=O)COC(=O)c2ccc(C3CCCCC3)cc2)c1. The van der Waals surface area contributed by atoms with Crippen LogP contribution in [0.5, 0.6) is 0 Å². The average Bonchev–Trinajstić information content (AvgIpc) is 2.72. The van der Waals surface area contributed by atoms with Gasteiger partial charge in [0, 0.05) is 5.69 Å². The number of nitrogens with two attached hydrogens (primary N) is 1. The molecule has 1 amide bonds. The average molecular weight is 416 g/mol. The van der Waals surface area contributed by atoms with E-state index in [0.29, 0.717) is 11.5 Å². The molecule has 0 unspecified atom stereocenters. The van der Waals surface area contributed by atoms with Crippen molar-refractivity contribution in [2.45, 2.75) is 42.9 Å². The molecule has 0 bridgehead atoms. The van der Waals surface area contributed by atoms with Crippen LogP contribution in [0, 0.1) is 0 Å². The molecule has 0 aromatic heterocycles. The summed E-state index contributed by atoms with van der Waals surface area (Å²) in [4.78, 5) is 24.1. The van der Waals surface area contributed by atoms with Crippen LogP contribution in [0.1, 0.15) is 53.9 Å². The van der Waals surface area contributed by atoms with Gasteiger partial charge in [0.05, 0.1) is 10.5 Å². The maximum absolute atomic E-state index is 12.2. The lowest BCUT2D eigenvalue weighted by Gasteiger charge is -2.21. The van der Waals surface area contributed by atoms with Crippen LogP contribution in [0.3, 0.4) is 0 Å². The van der Waals surface area contributed by atoms with Crippen LogP contribution in [0.4, 0.5) is 5.69 Å². The number of hydrogen-bond donors (Lipinski definition) is 2. The predicted octanol–water partition coefficient (Wildman–Crippen LogP) is 3.18. The van der Waals surface area contributed by atoms with Gasteiger partial charge < -0.3 is 10.1 Å². The number of primary sulfonamides is 1. The van der Waals surface area contributed by atoms with E-state index in [1.807, 2.05) is 12.1 Å². The molecule has 0 heterocycles. The maximum Gasteiger partial charge on any atom is 0.338 e. The first-order chi connectivity index (χ1) is 13.8. The number of nitrogens with one attached hydrogen (secondary N) is 1. The highest BCUT2D eigenvalue weighted by molar-refractivity contribution is 7.89. The molecule has 3 N–H and O–H groups in total. The van der Waals surface area contributed by atoms with E-state index < -0.39 is 28.5 Å². The Hall–Kier alpha value is -2.71. The van der Waals surface area contributed by atoms with E-state index in [1.54, 1.807) is 12.1 Å². The van der Waals surface area contributed by atoms with Crippen molar-refractivity contribution in [1.29, 1.82) is 0 Å². The highest BCUT2D eigenvalue weighted by atomic mass is 32.2. The number of esters is 1. The largest absolute Gasteiger partial charge is 0.452 e. The van der Waals surface area contributed by atoms with Gasteiger partial charge in [0.2, 0.25) is 10.0 Å². The number of rotatable bonds is 6. The van der Waals surface area contributed by atoms with Crippen molar-refractivity contribution >= 4 is 27.6 Å². The van der Waals surface area contributed by atoms with Gasteiger partial charge in [-0.3, -0.25) is 4.79 Å². The molecular formula is C21H24N2O5S. The van der Waals surface area contributed by atoms with Crippen LogP contribution in [-0.2, 0) is 19.6 Å². The van der Waals surface area contributed by atoms with E-state index in [-0.39, 0.29) is 10.6 Å². The Morgan fingerprint density at radius 1 is 1.03 bits per heavy atom. The second kappa shape index (κ2) is 9.19. The summed E-state index contributed by atoms with van der Waals surface area (Å²) >= 11 is 0. The second-order valence-corrected chi connectivity index (χ2v) is 8.72. The van der Waals surface area contributed by atoms with E-state index in [1.165, 1.54) is 61.9 Å². The van der Waals surface area contributed by atoms with Crippen LogP contribution in [0.2, 0.25) is 0 Å². The minimum absolute atomic E-state index is 0.120. The zero-order chi connectivity index (χ0) is 20.9. The lowest BCUT2D eigenvalue weighted by atomic mass is 9.84. The van der Waals surface area contributed by atoms with E-state index >= 15 is 0 Å². The van der Waals surface area contributed by atoms with Crippen LogP contribution in [-0.4, -0.2) is 26.9 Å². The van der Waals surface area contributed by atoms with Crippen molar-refractivity contribution in [1.82, 2.24) is 0 Å². The minimum Gasteiger partial charge on any atom is -0.452 e.